The standard InChI is InChI=1S/C11H21BrO3/c1-6-15-10(2,3)7-8-14-9(13)11(4,5)12/h6-8H2,1-5H3. The molecule has 0 saturated carbocycles. The Hall–Kier alpha value is -0.0900. The second-order valence-electron chi connectivity index (χ2n) is 4.55. The molecule has 0 heterocycles. The minimum absolute atomic E-state index is 0.231. The van der Waals surface area contributed by atoms with Crippen LogP contribution in [0.5, 0.6) is 0 Å². The second kappa shape index (κ2) is 5.85. The monoisotopic (exact) mass is 280 g/mol. The van der Waals surface area contributed by atoms with E-state index in [4.69, 9.17) is 9.47 Å². The fourth-order valence-electron chi connectivity index (χ4n) is 1.02. The minimum atomic E-state index is -0.608. The summed E-state index contributed by atoms with van der Waals surface area (Å²) >= 11 is 3.25. The van der Waals surface area contributed by atoms with Crippen molar-refractivity contribution < 1.29 is 14.3 Å². The van der Waals surface area contributed by atoms with E-state index in [0.29, 0.717) is 19.6 Å². The van der Waals surface area contributed by atoms with Gasteiger partial charge in [-0.15, -0.1) is 0 Å². The summed E-state index contributed by atoms with van der Waals surface area (Å²) in [6, 6.07) is 0. The van der Waals surface area contributed by atoms with Crippen molar-refractivity contribution in [1.29, 1.82) is 0 Å². The van der Waals surface area contributed by atoms with Gasteiger partial charge >= 0.3 is 5.97 Å². The molecule has 0 aliphatic carbocycles. The van der Waals surface area contributed by atoms with Gasteiger partial charge in [0.05, 0.1) is 12.2 Å². The molecule has 15 heavy (non-hydrogen) atoms. The van der Waals surface area contributed by atoms with Crippen LogP contribution in [0.3, 0.4) is 0 Å². The van der Waals surface area contributed by atoms with Crippen molar-refractivity contribution in [2.24, 2.45) is 0 Å². The number of esters is 1. The maximum absolute atomic E-state index is 11.4. The van der Waals surface area contributed by atoms with E-state index in [2.05, 4.69) is 15.9 Å². The van der Waals surface area contributed by atoms with Crippen molar-refractivity contribution in [3.8, 4) is 0 Å². The van der Waals surface area contributed by atoms with Gasteiger partial charge in [-0.05, 0) is 34.6 Å². The van der Waals surface area contributed by atoms with Gasteiger partial charge in [-0.25, -0.2) is 0 Å². The number of halogens is 1. The summed E-state index contributed by atoms with van der Waals surface area (Å²) in [5, 5.41) is 0. The molecule has 3 nitrogen and oxygen atoms in total. The molecule has 0 N–H and O–H groups in total. The van der Waals surface area contributed by atoms with E-state index in [1.807, 2.05) is 20.8 Å². The van der Waals surface area contributed by atoms with Crippen molar-refractivity contribution in [1.82, 2.24) is 0 Å². The second-order valence-corrected chi connectivity index (χ2v) is 6.53. The van der Waals surface area contributed by atoms with Gasteiger partial charge < -0.3 is 9.47 Å². The molecule has 0 aliphatic rings. The molecule has 4 heteroatoms. The fraction of sp³-hybridized carbons (Fsp3) is 0.909. The van der Waals surface area contributed by atoms with Crippen LogP contribution < -0.4 is 0 Å². The summed E-state index contributed by atoms with van der Waals surface area (Å²) < 4.78 is 10.0. The van der Waals surface area contributed by atoms with Crippen LogP contribution in [0.4, 0.5) is 0 Å². The lowest BCUT2D eigenvalue weighted by molar-refractivity contribution is -0.147. The van der Waals surface area contributed by atoms with Gasteiger partial charge in [0, 0.05) is 13.0 Å². The van der Waals surface area contributed by atoms with Crippen LogP contribution in [0.1, 0.15) is 41.0 Å². The van der Waals surface area contributed by atoms with Crippen LogP contribution in [-0.4, -0.2) is 29.1 Å². The van der Waals surface area contributed by atoms with Gasteiger partial charge in [-0.2, -0.15) is 0 Å². The number of rotatable bonds is 6. The molecule has 0 amide bonds. The Morgan fingerprint density at radius 3 is 2.20 bits per heavy atom. The first-order valence-electron chi connectivity index (χ1n) is 5.19. The van der Waals surface area contributed by atoms with E-state index in [-0.39, 0.29) is 11.6 Å². The van der Waals surface area contributed by atoms with E-state index in [1.54, 1.807) is 13.8 Å². The largest absolute Gasteiger partial charge is 0.465 e. The molecule has 0 fully saturated rings. The van der Waals surface area contributed by atoms with Crippen molar-refractivity contribution in [2.75, 3.05) is 13.2 Å². The predicted octanol–water partition coefficient (Wildman–Crippen LogP) is 2.91. The molecule has 0 unspecified atom stereocenters. The highest BCUT2D eigenvalue weighted by molar-refractivity contribution is 9.10. The zero-order valence-corrected chi connectivity index (χ0v) is 11.8. The summed E-state index contributed by atoms with van der Waals surface area (Å²) in [4.78, 5) is 11.4. The van der Waals surface area contributed by atoms with Gasteiger partial charge in [-0.1, -0.05) is 15.9 Å². The summed E-state index contributed by atoms with van der Waals surface area (Å²) in [6.45, 7) is 10.5. The number of carbonyl (C=O) groups excluding carboxylic acids is 1. The van der Waals surface area contributed by atoms with Crippen molar-refractivity contribution >= 4 is 21.9 Å². The van der Waals surface area contributed by atoms with Crippen LogP contribution in [0.2, 0.25) is 0 Å². The van der Waals surface area contributed by atoms with Gasteiger partial charge in [-0.3, -0.25) is 4.79 Å². The number of carbonyl (C=O) groups is 1. The van der Waals surface area contributed by atoms with Gasteiger partial charge in [0.2, 0.25) is 0 Å². The van der Waals surface area contributed by atoms with Gasteiger partial charge in [0.25, 0.3) is 0 Å². The molecule has 0 spiro atoms. The third kappa shape index (κ3) is 6.90. The number of ether oxygens (including phenoxy) is 2. The van der Waals surface area contributed by atoms with Crippen LogP contribution in [0.15, 0.2) is 0 Å². The van der Waals surface area contributed by atoms with Crippen LogP contribution in [0, 0.1) is 0 Å². The molecule has 0 aliphatic heterocycles. The highest BCUT2D eigenvalue weighted by Gasteiger charge is 2.26. The number of hydrogen-bond acceptors (Lipinski definition) is 3. The lowest BCUT2D eigenvalue weighted by atomic mass is 10.1. The highest BCUT2D eigenvalue weighted by atomic mass is 79.9. The quantitative estimate of drug-likeness (QED) is 0.554. The van der Waals surface area contributed by atoms with Crippen LogP contribution >= 0.6 is 15.9 Å². The summed E-state index contributed by atoms with van der Waals surface area (Å²) in [6.07, 6.45) is 0.704. The van der Waals surface area contributed by atoms with Gasteiger partial charge in [0.1, 0.15) is 4.32 Å². The van der Waals surface area contributed by atoms with E-state index in [0.717, 1.165) is 0 Å². The first-order valence-corrected chi connectivity index (χ1v) is 5.98. The predicted molar refractivity (Wildman–Crippen MR) is 64.3 cm³/mol. The molecular weight excluding hydrogens is 260 g/mol. The first kappa shape index (κ1) is 14.9. The van der Waals surface area contributed by atoms with Crippen molar-refractivity contribution in [2.45, 2.75) is 51.0 Å². The third-order valence-corrected chi connectivity index (χ3v) is 2.28. The Morgan fingerprint density at radius 1 is 1.27 bits per heavy atom. The first-order chi connectivity index (χ1) is 6.69. The van der Waals surface area contributed by atoms with E-state index >= 15 is 0 Å². The summed E-state index contributed by atoms with van der Waals surface area (Å²) in [5.41, 5.74) is -0.231. The molecule has 0 atom stereocenters. The van der Waals surface area contributed by atoms with Crippen molar-refractivity contribution in [3.05, 3.63) is 0 Å². The Labute approximate surface area is 101 Å². The number of hydrogen-bond donors (Lipinski definition) is 0. The molecule has 0 radical (unpaired) electrons. The average molecular weight is 281 g/mol. The smallest absolute Gasteiger partial charge is 0.322 e. The molecular formula is C11H21BrO3. The van der Waals surface area contributed by atoms with E-state index in [1.165, 1.54) is 0 Å². The summed E-state index contributed by atoms with van der Waals surface area (Å²) in [5.74, 6) is -0.241. The maximum Gasteiger partial charge on any atom is 0.322 e. The molecule has 90 valence electrons. The topological polar surface area (TPSA) is 35.5 Å². The highest BCUT2D eigenvalue weighted by Crippen LogP contribution is 2.19. The Morgan fingerprint density at radius 2 is 1.80 bits per heavy atom. The van der Waals surface area contributed by atoms with Crippen LogP contribution in [-0.2, 0) is 14.3 Å². The lowest BCUT2D eigenvalue weighted by Gasteiger charge is -2.25. The maximum atomic E-state index is 11.4. The van der Waals surface area contributed by atoms with Crippen LogP contribution in [0.25, 0.3) is 0 Å². The molecule has 0 aromatic heterocycles. The third-order valence-electron chi connectivity index (χ3n) is 1.96. The Balaban J connectivity index is 3.85. The normalized spacial score (nSPS) is 12.7. The lowest BCUT2D eigenvalue weighted by Crippen LogP contribution is -2.31. The van der Waals surface area contributed by atoms with E-state index < -0.39 is 4.32 Å². The average Bonchev–Trinajstić information content (AvgIpc) is 2.01. The summed E-state index contributed by atoms with van der Waals surface area (Å²) in [7, 11) is 0. The zero-order chi connectivity index (χ0) is 12.1. The molecule has 0 aromatic carbocycles. The molecule has 0 aromatic rings. The molecule has 0 saturated heterocycles. The van der Waals surface area contributed by atoms with Crippen molar-refractivity contribution in [3.63, 3.8) is 0 Å². The molecule has 0 bridgehead atoms. The Bertz CT molecular complexity index is 206. The SMILES string of the molecule is CCOC(C)(C)CCOC(=O)C(C)(C)Br. The molecule has 0 rings (SSSR count). The fourth-order valence-corrected chi connectivity index (χ4v) is 1.14. The minimum Gasteiger partial charge on any atom is -0.465 e. The van der Waals surface area contributed by atoms with Gasteiger partial charge in [0.15, 0.2) is 0 Å². The zero-order valence-electron chi connectivity index (χ0n) is 10.2. The van der Waals surface area contributed by atoms with E-state index in [9.17, 15) is 4.79 Å². The Kier molecular flexibility index (Phi) is 5.81. The number of alkyl halides is 1.